The number of imide groups is 2. The van der Waals surface area contributed by atoms with E-state index in [1.165, 1.54) is 0 Å². The summed E-state index contributed by atoms with van der Waals surface area (Å²) in [6.07, 6.45) is 4.08. The predicted octanol–water partition coefficient (Wildman–Crippen LogP) is 5.34. The van der Waals surface area contributed by atoms with Crippen molar-refractivity contribution in [2.45, 2.75) is 63.6 Å². The molecule has 5 heterocycles. The second-order valence-electron chi connectivity index (χ2n) is 16.2. The van der Waals surface area contributed by atoms with Crippen molar-refractivity contribution in [2.75, 3.05) is 49.6 Å². The second-order valence-corrected chi connectivity index (χ2v) is 16.7. The molecule has 0 bridgehead atoms. The monoisotopic (exact) mass is 800 g/mol. The molecule has 1 unspecified atom stereocenters. The Bertz CT molecular complexity index is 2310. The topological polar surface area (TPSA) is 152 Å². The van der Waals surface area contributed by atoms with Gasteiger partial charge in [0.1, 0.15) is 18.4 Å². The van der Waals surface area contributed by atoms with Crippen molar-refractivity contribution >= 4 is 46.9 Å². The molecule has 1 N–H and O–H groups in total. The van der Waals surface area contributed by atoms with Crippen LogP contribution in [0.25, 0.3) is 0 Å². The van der Waals surface area contributed by atoms with Gasteiger partial charge in [0.2, 0.25) is 17.8 Å². The molecule has 14 heteroatoms. The fourth-order valence-corrected chi connectivity index (χ4v) is 8.63. The maximum absolute atomic E-state index is 13.3. The van der Waals surface area contributed by atoms with E-state index in [0.717, 1.165) is 78.7 Å². The Morgan fingerprint density at radius 1 is 0.914 bits per heavy atom. The van der Waals surface area contributed by atoms with Gasteiger partial charge in [0, 0.05) is 67.5 Å². The second kappa shape index (κ2) is 15.8. The minimum Gasteiger partial charge on any atom is -0.487 e. The molecule has 0 aliphatic carbocycles. The molecule has 4 aliphatic heterocycles. The predicted molar refractivity (Wildman–Crippen MR) is 218 cm³/mol. The Morgan fingerprint density at radius 3 is 2.38 bits per heavy atom. The maximum Gasteiger partial charge on any atom is 0.262 e. The lowest BCUT2D eigenvalue weighted by Crippen LogP contribution is -2.59. The first-order chi connectivity index (χ1) is 27.9. The number of anilines is 2. The maximum atomic E-state index is 13.3. The number of hydrogen-bond donors (Lipinski definition) is 1. The lowest BCUT2D eigenvalue weighted by Gasteiger charge is -2.47. The Balaban J connectivity index is 0.793. The van der Waals surface area contributed by atoms with E-state index in [0.29, 0.717) is 46.2 Å². The number of halogens is 1. The van der Waals surface area contributed by atoms with E-state index < -0.39 is 29.7 Å². The number of aromatic nitrogens is 2. The molecule has 13 nitrogen and oxygen atoms in total. The van der Waals surface area contributed by atoms with Crippen LogP contribution in [-0.4, -0.2) is 95.3 Å². The molecular formula is C44H45ClN8O5. The Morgan fingerprint density at radius 2 is 1.66 bits per heavy atom. The molecule has 4 aromatic rings. The number of piperidine rings is 2. The van der Waals surface area contributed by atoms with E-state index >= 15 is 0 Å². The standard InChI is InChI=1S/C44H45ClN8O5/c1-44(2,30-18-28(22-46)19-31(45)20-30)29-4-7-35(8-5-29)58-26-32-12-15-47-43(48-32)51-16-13-27(14-17-51)23-50(3)34-24-52(25-34)33-6-9-36-37(21-33)42(57)53(41(36)56)38-10-11-39(54)49-40(38)55/h4-9,12,15,18-21,27,34,38H,10-11,13-14,16-17,23-26H2,1-3H3,(H,49,54,55). The van der Waals surface area contributed by atoms with Crippen LogP contribution in [-0.2, 0) is 21.6 Å². The number of ether oxygens (including phenoxy) is 1. The smallest absolute Gasteiger partial charge is 0.262 e. The third-order valence-corrected chi connectivity index (χ3v) is 12.3. The number of rotatable bonds is 11. The number of hydrogen-bond acceptors (Lipinski definition) is 11. The quantitative estimate of drug-likeness (QED) is 0.196. The molecule has 0 radical (unpaired) electrons. The molecule has 4 amide bonds. The number of carbonyl (C=O) groups is 4. The molecule has 3 fully saturated rings. The van der Waals surface area contributed by atoms with Crippen LogP contribution in [0.1, 0.15) is 82.6 Å². The third kappa shape index (κ3) is 7.74. The first kappa shape index (κ1) is 39.0. The van der Waals surface area contributed by atoms with E-state index in [-0.39, 0.29) is 18.3 Å². The van der Waals surface area contributed by atoms with E-state index in [4.69, 9.17) is 21.3 Å². The molecule has 8 rings (SSSR count). The van der Waals surface area contributed by atoms with Crippen molar-refractivity contribution in [1.82, 2.24) is 25.1 Å². The molecule has 298 valence electrons. The van der Waals surface area contributed by atoms with Gasteiger partial charge in [-0.1, -0.05) is 37.6 Å². The zero-order chi connectivity index (χ0) is 40.7. The van der Waals surface area contributed by atoms with Gasteiger partial charge in [0.25, 0.3) is 11.8 Å². The largest absolute Gasteiger partial charge is 0.487 e. The number of likely N-dealkylation sites (N-methyl/N-ethyl adjacent to an activating group) is 1. The molecule has 4 aliphatic rings. The molecule has 3 saturated heterocycles. The summed E-state index contributed by atoms with van der Waals surface area (Å²) in [5.74, 6) is 0.0148. The van der Waals surface area contributed by atoms with Crippen LogP contribution < -0.4 is 19.9 Å². The molecule has 1 atom stereocenters. The van der Waals surface area contributed by atoms with Crippen LogP contribution >= 0.6 is 11.6 Å². The summed E-state index contributed by atoms with van der Waals surface area (Å²) in [4.78, 5) is 67.7. The summed E-state index contributed by atoms with van der Waals surface area (Å²) in [5.41, 5.74) is 4.50. The van der Waals surface area contributed by atoms with Gasteiger partial charge in [0.05, 0.1) is 28.5 Å². The number of fused-ring (bicyclic) bond motifs is 1. The highest BCUT2D eigenvalue weighted by Gasteiger charge is 2.45. The van der Waals surface area contributed by atoms with Crippen molar-refractivity contribution < 1.29 is 23.9 Å². The first-order valence-corrected chi connectivity index (χ1v) is 20.1. The lowest BCUT2D eigenvalue weighted by atomic mass is 9.78. The zero-order valence-electron chi connectivity index (χ0n) is 32.8. The normalized spacial score (nSPS) is 19.0. The van der Waals surface area contributed by atoms with E-state index in [1.54, 1.807) is 24.4 Å². The van der Waals surface area contributed by atoms with Crippen LogP contribution in [0.5, 0.6) is 5.75 Å². The molecule has 58 heavy (non-hydrogen) atoms. The number of nitriles is 1. The summed E-state index contributed by atoms with van der Waals surface area (Å²) in [5, 5.41) is 12.2. The Kier molecular flexibility index (Phi) is 10.6. The number of benzene rings is 3. The van der Waals surface area contributed by atoms with E-state index in [9.17, 15) is 24.4 Å². The number of nitrogens with zero attached hydrogens (tertiary/aromatic N) is 7. The number of amides is 4. The highest BCUT2D eigenvalue weighted by atomic mass is 35.5. The Hall–Kier alpha value is -5.84. The van der Waals surface area contributed by atoms with Gasteiger partial charge in [-0.25, -0.2) is 9.97 Å². The van der Waals surface area contributed by atoms with Crippen molar-refractivity contribution in [3.63, 3.8) is 0 Å². The van der Waals surface area contributed by atoms with Crippen LogP contribution in [0.15, 0.2) is 72.9 Å². The highest BCUT2D eigenvalue weighted by Crippen LogP contribution is 2.36. The van der Waals surface area contributed by atoms with Gasteiger partial charge < -0.3 is 14.5 Å². The molecule has 0 saturated carbocycles. The summed E-state index contributed by atoms with van der Waals surface area (Å²) in [6.45, 7) is 8.88. The molecular weight excluding hydrogens is 756 g/mol. The van der Waals surface area contributed by atoms with Crippen LogP contribution in [0.2, 0.25) is 5.02 Å². The summed E-state index contributed by atoms with van der Waals surface area (Å²) in [6, 6.07) is 22.2. The summed E-state index contributed by atoms with van der Waals surface area (Å²) in [7, 11) is 2.17. The van der Waals surface area contributed by atoms with Crippen LogP contribution in [0.3, 0.4) is 0 Å². The fraction of sp³-hybridized carbons (Fsp3) is 0.386. The van der Waals surface area contributed by atoms with Gasteiger partial charge in [-0.05, 0) is 98.0 Å². The fourth-order valence-electron chi connectivity index (χ4n) is 8.40. The van der Waals surface area contributed by atoms with E-state index in [2.05, 4.69) is 52.0 Å². The minimum absolute atomic E-state index is 0.0909. The summed E-state index contributed by atoms with van der Waals surface area (Å²) >= 11 is 6.30. The van der Waals surface area contributed by atoms with Crippen molar-refractivity contribution in [3.05, 3.63) is 111 Å². The Labute approximate surface area is 342 Å². The SMILES string of the molecule is CN(CC1CCN(c2nccc(COc3ccc(C(C)(C)c4cc(Cl)cc(C#N)c4)cc3)n2)CC1)C1CN(c2ccc3c(c2)C(=O)N(C2CCC(=O)NC2=O)C3=O)C1. The van der Waals surface area contributed by atoms with Gasteiger partial charge in [-0.3, -0.25) is 34.3 Å². The molecule has 3 aromatic carbocycles. The van der Waals surface area contributed by atoms with Crippen molar-refractivity contribution in [3.8, 4) is 11.8 Å². The van der Waals surface area contributed by atoms with Crippen molar-refractivity contribution in [1.29, 1.82) is 5.26 Å². The first-order valence-electron chi connectivity index (χ1n) is 19.7. The minimum atomic E-state index is -0.974. The van der Waals surface area contributed by atoms with Gasteiger partial charge in [0.15, 0.2) is 0 Å². The molecule has 1 aromatic heterocycles. The van der Waals surface area contributed by atoms with E-state index in [1.807, 2.05) is 48.5 Å². The van der Waals surface area contributed by atoms with Crippen LogP contribution in [0.4, 0.5) is 11.6 Å². The van der Waals surface area contributed by atoms with Gasteiger partial charge >= 0.3 is 0 Å². The van der Waals surface area contributed by atoms with Crippen LogP contribution in [0, 0.1) is 17.2 Å². The summed E-state index contributed by atoms with van der Waals surface area (Å²) < 4.78 is 6.13. The average Bonchev–Trinajstić information content (AvgIpc) is 3.44. The number of nitrogens with one attached hydrogen (secondary N) is 1. The van der Waals surface area contributed by atoms with Gasteiger partial charge in [-0.15, -0.1) is 0 Å². The lowest BCUT2D eigenvalue weighted by molar-refractivity contribution is -0.136. The average molecular weight is 801 g/mol. The zero-order valence-corrected chi connectivity index (χ0v) is 33.5. The number of carbonyl (C=O) groups excluding carboxylic acids is 4. The third-order valence-electron chi connectivity index (χ3n) is 12.1. The molecule has 0 spiro atoms. The highest BCUT2D eigenvalue weighted by molar-refractivity contribution is 6.30. The van der Waals surface area contributed by atoms with Crippen molar-refractivity contribution in [2.24, 2.45) is 5.92 Å². The van der Waals surface area contributed by atoms with Gasteiger partial charge in [-0.2, -0.15) is 5.26 Å².